The summed E-state index contributed by atoms with van der Waals surface area (Å²) in [6.07, 6.45) is 15.2. The summed E-state index contributed by atoms with van der Waals surface area (Å²) in [4.78, 5) is 30.9. The Morgan fingerprint density at radius 1 is 0.900 bits per heavy atom. The number of aliphatic hydroxyl groups excluding tert-OH is 2. The van der Waals surface area contributed by atoms with E-state index >= 15 is 0 Å². The zero-order valence-electron chi connectivity index (χ0n) is 36.5. The second kappa shape index (κ2) is 13.9. The maximum Gasteiger partial charge on any atom is 0.313 e. The van der Waals surface area contributed by atoms with Crippen molar-refractivity contribution in [3.63, 3.8) is 0 Å². The number of aromatic nitrogens is 1. The van der Waals surface area contributed by atoms with E-state index in [-0.39, 0.29) is 65.5 Å². The first-order valence-corrected chi connectivity index (χ1v) is 23.6. The van der Waals surface area contributed by atoms with Gasteiger partial charge >= 0.3 is 5.97 Å². The van der Waals surface area contributed by atoms with Crippen molar-refractivity contribution in [2.75, 3.05) is 6.61 Å². The van der Waals surface area contributed by atoms with E-state index in [0.717, 1.165) is 37.7 Å². The van der Waals surface area contributed by atoms with Gasteiger partial charge in [0.15, 0.2) is 5.78 Å². The van der Waals surface area contributed by atoms with Gasteiger partial charge in [0, 0.05) is 47.9 Å². The van der Waals surface area contributed by atoms with Gasteiger partial charge in [0.1, 0.15) is 0 Å². The molecule has 0 unspecified atom stereocenters. The molecule has 5 saturated carbocycles. The van der Waals surface area contributed by atoms with Gasteiger partial charge in [0.05, 0.1) is 41.5 Å². The SMILES string of the molecule is C[C@@H]1CCC2=CC[C@H]3[C@H](C)C[C@]4(O)CC[C@]3(C[C@H]([C@H]3COC(=O)[C@@H]3c3cc[nH]c3)C#CC[C@@H]3C[C@@]5(O)C6=CC(=O)[C@@H]7C[C@@H](O)[C@@H](O)C[C@]7(C)[C@H]6CC[C@]5(C)[C@H]3[C@@]4(C)O)[C@H]2C1. The van der Waals surface area contributed by atoms with E-state index < -0.39 is 57.6 Å². The van der Waals surface area contributed by atoms with E-state index in [4.69, 9.17) is 4.74 Å². The molecule has 60 heavy (non-hydrogen) atoms. The van der Waals surface area contributed by atoms with Crippen LogP contribution in [0.1, 0.15) is 136 Å². The third-order valence-electron chi connectivity index (χ3n) is 20.1. The standard InChI is InChI=1S/C51H69NO8/c1-28-9-10-30-11-12-35-29(2)22-50(58)17-16-49(35,37(30)19-28)23-31(34-27-60-45(56)43(34)33-14-18-52-26-33)7-6-8-32-24-51(59)38-20-40(53)39-21-41(54)42(55)25-46(39,3)36(38)13-15-47(51,4)44(32)48(50,5)57/h11,14,18,20,26,28-29,31-32,34-37,39,41-44,52,54-55,57-59H,8-10,12-13,15-17,19,21-25,27H2,1-5H3/t28-,29-,31-,32-,34-,35+,36+,37+,39+,41-,42+,43-,44+,46-,47-,48-,49-,50-,51-/m1/s1. The number of aromatic amines is 1. The topological polar surface area (TPSA) is 160 Å². The summed E-state index contributed by atoms with van der Waals surface area (Å²) < 4.78 is 5.93. The summed E-state index contributed by atoms with van der Waals surface area (Å²) in [6.45, 7) is 11.0. The summed E-state index contributed by atoms with van der Waals surface area (Å²) >= 11 is 0. The van der Waals surface area contributed by atoms with E-state index in [1.165, 1.54) is 6.42 Å². The van der Waals surface area contributed by atoms with Crippen LogP contribution in [0.15, 0.2) is 41.8 Å². The summed E-state index contributed by atoms with van der Waals surface area (Å²) in [6, 6.07) is 1.98. The number of hydrogen-bond acceptors (Lipinski definition) is 8. The Labute approximate surface area is 356 Å². The lowest BCUT2D eigenvalue weighted by molar-refractivity contribution is -0.222. The van der Waals surface area contributed by atoms with Crippen LogP contribution in [0.4, 0.5) is 0 Å². The second-order valence-corrected chi connectivity index (χ2v) is 22.8. The molecule has 326 valence electrons. The van der Waals surface area contributed by atoms with Crippen LogP contribution >= 0.6 is 0 Å². The summed E-state index contributed by atoms with van der Waals surface area (Å²) in [5.41, 5.74) is -3.03. The summed E-state index contributed by atoms with van der Waals surface area (Å²) in [5.74, 6) is 6.33. The van der Waals surface area contributed by atoms with Gasteiger partial charge in [-0.05, 0) is 160 Å². The van der Waals surface area contributed by atoms with Crippen molar-refractivity contribution in [2.24, 2.45) is 75.4 Å². The number of esters is 1. The van der Waals surface area contributed by atoms with Gasteiger partial charge in [0.2, 0.25) is 0 Å². The minimum absolute atomic E-state index is 0.0845. The third-order valence-corrected chi connectivity index (χ3v) is 20.1. The minimum Gasteiger partial charge on any atom is -0.465 e. The maximum atomic E-state index is 14.1. The molecule has 0 amide bonds. The van der Waals surface area contributed by atoms with Crippen LogP contribution in [0.25, 0.3) is 0 Å². The monoisotopic (exact) mass is 824 g/mol. The van der Waals surface area contributed by atoms with Crippen molar-refractivity contribution in [3.8, 4) is 11.8 Å². The van der Waals surface area contributed by atoms with E-state index in [9.17, 15) is 35.1 Å². The molecule has 9 nitrogen and oxygen atoms in total. The van der Waals surface area contributed by atoms with Crippen LogP contribution in [0.5, 0.6) is 0 Å². The zero-order valence-corrected chi connectivity index (χ0v) is 36.5. The van der Waals surface area contributed by atoms with Gasteiger partial charge < -0.3 is 35.3 Å². The van der Waals surface area contributed by atoms with Crippen LogP contribution in [0.3, 0.4) is 0 Å². The van der Waals surface area contributed by atoms with Crippen LogP contribution in [0.2, 0.25) is 0 Å². The number of carbonyl (C=O) groups is 2. The molecule has 0 radical (unpaired) electrons. The van der Waals surface area contributed by atoms with E-state index in [1.807, 2.05) is 25.4 Å². The number of cyclic esters (lactones) is 1. The predicted molar refractivity (Wildman–Crippen MR) is 226 cm³/mol. The number of carbonyl (C=O) groups excluding carboxylic acids is 2. The van der Waals surface area contributed by atoms with Crippen molar-refractivity contribution >= 4 is 11.8 Å². The van der Waals surface area contributed by atoms with Gasteiger partial charge in [-0.25, -0.2) is 0 Å². The van der Waals surface area contributed by atoms with Gasteiger partial charge in [-0.2, -0.15) is 0 Å². The van der Waals surface area contributed by atoms with Crippen LogP contribution < -0.4 is 0 Å². The number of H-pyrrole nitrogens is 1. The molecule has 19 atom stereocenters. The number of allylic oxidation sites excluding steroid dienone is 3. The molecule has 1 aliphatic heterocycles. The van der Waals surface area contributed by atoms with Crippen molar-refractivity contribution in [3.05, 3.63) is 47.3 Å². The average molecular weight is 824 g/mol. The number of ether oxygens (including phenoxy) is 1. The molecule has 9 aliphatic rings. The first kappa shape index (κ1) is 41.3. The Morgan fingerprint density at radius 2 is 1.70 bits per heavy atom. The van der Waals surface area contributed by atoms with E-state index in [0.29, 0.717) is 62.5 Å². The molecule has 1 aromatic heterocycles. The normalized spacial score (nSPS) is 53.5. The van der Waals surface area contributed by atoms with Crippen LogP contribution in [-0.4, -0.2) is 77.9 Å². The minimum atomic E-state index is -1.59. The Hall–Kier alpha value is -2.74. The van der Waals surface area contributed by atoms with Gasteiger partial charge in [0.25, 0.3) is 0 Å². The Kier molecular flexibility index (Phi) is 9.55. The second-order valence-electron chi connectivity index (χ2n) is 22.8. The maximum absolute atomic E-state index is 14.1. The molecule has 1 spiro atoms. The lowest BCUT2D eigenvalue weighted by Gasteiger charge is -2.61. The molecular weight excluding hydrogens is 755 g/mol. The zero-order chi connectivity index (χ0) is 42.4. The van der Waals surface area contributed by atoms with E-state index in [1.54, 1.807) is 11.6 Å². The van der Waals surface area contributed by atoms with Crippen molar-refractivity contribution in [1.29, 1.82) is 0 Å². The fourth-order valence-electron chi connectivity index (χ4n) is 17.1. The van der Waals surface area contributed by atoms with Crippen molar-refractivity contribution < 1.29 is 39.9 Å². The summed E-state index contributed by atoms with van der Waals surface area (Å²) in [5, 5.41) is 62.3. The molecule has 9 heteroatoms. The van der Waals surface area contributed by atoms with Crippen LogP contribution in [-0.2, 0) is 14.3 Å². The van der Waals surface area contributed by atoms with E-state index in [2.05, 4.69) is 50.6 Å². The number of fused-ring (bicyclic) bond motifs is 10. The fourth-order valence-corrected chi connectivity index (χ4v) is 17.1. The Morgan fingerprint density at radius 3 is 2.47 bits per heavy atom. The highest BCUT2D eigenvalue weighted by Gasteiger charge is 2.74. The molecule has 2 heterocycles. The fraction of sp³-hybridized carbons (Fsp3) is 0.765. The highest BCUT2D eigenvalue weighted by molar-refractivity contribution is 5.95. The lowest BCUT2D eigenvalue weighted by Crippen LogP contribution is -2.65. The molecular formula is C51H69NO8. The Bertz CT molecular complexity index is 2040. The number of rotatable bonds is 2. The van der Waals surface area contributed by atoms with Crippen molar-refractivity contribution in [1.82, 2.24) is 4.98 Å². The smallest absolute Gasteiger partial charge is 0.313 e. The molecule has 1 aromatic rings. The molecule has 0 aromatic carbocycles. The average Bonchev–Trinajstić information content (AvgIpc) is 3.89. The number of ketones is 1. The quantitative estimate of drug-likeness (QED) is 0.108. The molecule has 8 aliphatic carbocycles. The summed E-state index contributed by atoms with van der Waals surface area (Å²) in [7, 11) is 0. The van der Waals surface area contributed by atoms with Crippen LogP contribution in [0, 0.1) is 87.3 Å². The largest absolute Gasteiger partial charge is 0.465 e. The molecule has 10 rings (SSSR count). The Balaban J connectivity index is 1.12. The van der Waals surface area contributed by atoms with Crippen molar-refractivity contribution in [2.45, 2.75) is 159 Å². The number of nitrogens with one attached hydrogen (secondary N) is 1. The highest BCUT2D eigenvalue weighted by Crippen LogP contribution is 2.72. The predicted octanol–water partition coefficient (Wildman–Crippen LogP) is 6.79. The molecule has 2 bridgehead atoms. The third kappa shape index (κ3) is 5.61. The number of aliphatic hydroxyl groups is 5. The highest BCUT2D eigenvalue weighted by atomic mass is 16.5. The molecule has 6 N–H and O–H groups in total. The van der Waals surface area contributed by atoms with Gasteiger partial charge in [-0.1, -0.05) is 45.3 Å². The molecule has 6 fully saturated rings. The first-order valence-electron chi connectivity index (χ1n) is 23.6. The first-order chi connectivity index (χ1) is 28.4. The van der Waals surface area contributed by atoms with Gasteiger partial charge in [-0.3, -0.25) is 9.59 Å². The van der Waals surface area contributed by atoms with Gasteiger partial charge in [-0.15, -0.1) is 5.92 Å². The molecule has 1 saturated heterocycles. The lowest BCUT2D eigenvalue weighted by atomic mass is 9.45. The number of hydrogen-bond donors (Lipinski definition) is 6.